The van der Waals surface area contributed by atoms with E-state index >= 15 is 0 Å². The smallest absolute Gasteiger partial charge is 0.475 e. The van der Waals surface area contributed by atoms with Crippen molar-refractivity contribution in [3.63, 3.8) is 0 Å². The minimum Gasteiger partial charge on any atom is -0.475 e. The van der Waals surface area contributed by atoms with Gasteiger partial charge in [-0.15, -0.1) is 22.7 Å². The summed E-state index contributed by atoms with van der Waals surface area (Å²) < 4.78 is 44.0. The van der Waals surface area contributed by atoms with Crippen molar-refractivity contribution in [3.8, 4) is 0 Å². The van der Waals surface area contributed by atoms with Crippen molar-refractivity contribution in [2.75, 3.05) is 19.7 Å². The molecule has 1 spiro atoms. The quantitative estimate of drug-likeness (QED) is 0.698. The van der Waals surface area contributed by atoms with Crippen LogP contribution in [-0.2, 0) is 27.4 Å². The number of aryl methyl sites for hydroxylation is 2. The van der Waals surface area contributed by atoms with Gasteiger partial charge < -0.3 is 14.6 Å². The van der Waals surface area contributed by atoms with Crippen LogP contribution in [0.25, 0.3) is 0 Å². The van der Waals surface area contributed by atoms with Crippen molar-refractivity contribution in [2.45, 2.75) is 57.7 Å². The molecule has 1 unspecified atom stereocenters. The number of halogens is 3. The van der Waals surface area contributed by atoms with Crippen LogP contribution in [-0.4, -0.2) is 63.5 Å². The van der Waals surface area contributed by atoms with Crippen LogP contribution in [0.15, 0.2) is 10.9 Å². The number of hydrogen-bond donors (Lipinski definition) is 1. The molecular weight excluding hydrogens is 455 g/mol. The van der Waals surface area contributed by atoms with Gasteiger partial charge in [-0.2, -0.15) is 13.2 Å². The molecule has 4 heterocycles. The lowest BCUT2D eigenvalue weighted by Gasteiger charge is -2.53. The van der Waals surface area contributed by atoms with Crippen LogP contribution in [0.1, 0.15) is 34.1 Å². The Morgan fingerprint density at radius 3 is 2.65 bits per heavy atom. The van der Waals surface area contributed by atoms with E-state index in [2.05, 4.69) is 27.2 Å². The minimum absolute atomic E-state index is 0.000495. The molecule has 7 nitrogen and oxygen atoms in total. The number of carboxylic acids is 1. The number of hydrogen-bond acceptors (Lipinski definition) is 8. The fraction of sp³-hybridized carbons (Fsp3) is 0.632. The maximum atomic E-state index is 10.6. The first-order chi connectivity index (χ1) is 14.6. The topological polar surface area (TPSA) is 84.8 Å². The first-order valence-electron chi connectivity index (χ1n) is 9.64. The van der Waals surface area contributed by atoms with Gasteiger partial charge in [0.2, 0.25) is 0 Å². The van der Waals surface area contributed by atoms with Crippen molar-refractivity contribution in [3.05, 3.63) is 32.2 Å². The van der Waals surface area contributed by atoms with Crippen LogP contribution < -0.4 is 0 Å². The summed E-state index contributed by atoms with van der Waals surface area (Å²) in [6.07, 6.45) is -2.82. The molecule has 2 aliphatic rings. The van der Waals surface area contributed by atoms with E-state index in [0.717, 1.165) is 55.5 Å². The second kappa shape index (κ2) is 9.90. The second-order valence-electron chi connectivity index (χ2n) is 7.62. The zero-order valence-corrected chi connectivity index (χ0v) is 18.8. The SMILES string of the molecule is Cc1nc(COC2CCOC3(C2)CN(Cc2scnc2C)C3)cs1.O=C(O)C(F)(F)F. The van der Waals surface area contributed by atoms with Gasteiger partial charge in [-0.1, -0.05) is 0 Å². The Kier molecular flexibility index (Phi) is 7.68. The number of nitrogens with zero attached hydrogens (tertiary/aromatic N) is 3. The Hall–Kier alpha value is -1.60. The van der Waals surface area contributed by atoms with Gasteiger partial charge in [0.25, 0.3) is 0 Å². The van der Waals surface area contributed by atoms with E-state index in [-0.39, 0.29) is 11.7 Å². The summed E-state index contributed by atoms with van der Waals surface area (Å²) in [5, 5.41) is 10.3. The molecule has 172 valence electrons. The number of thiazole rings is 2. The van der Waals surface area contributed by atoms with E-state index in [0.29, 0.717) is 6.61 Å². The molecule has 1 N–H and O–H groups in total. The molecule has 2 saturated heterocycles. The lowest BCUT2D eigenvalue weighted by Crippen LogP contribution is -2.65. The zero-order chi connectivity index (χ0) is 22.6. The van der Waals surface area contributed by atoms with Crippen LogP contribution in [0.2, 0.25) is 0 Å². The van der Waals surface area contributed by atoms with Gasteiger partial charge in [0.05, 0.1) is 40.2 Å². The van der Waals surface area contributed by atoms with E-state index in [4.69, 9.17) is 19.4 Å². The molecule has 0 bridgehead atoms. The molecule has 0 saturated carbocycles. The van der Waals surface area contributed by atoms with Gasteiger partial charge in [-0.3, -0.25) is 4.90 Å². The first-order valence-corrected chi connectivity index (χ1v) is 11.4. The molecule has 1 atom stereocenters. The summed E-state index contributed by atoms with van der Waals surface area (Å²) in [6, 6.07) is 0. The monoisotopic (exact) mass is 479 g/mol. The fourth-order valence-electron chi connectivity index (χ4n) is 3.58. The predicted octanol–water partition coefficient (Wildman–Crippen LogP) is 3.80. The van der Waals surface area contributed by atoms with E-state index in [1.807, 2.05) is 12.4 Å². The largest absolute Gasteiger partial charge is 0.490 e. The third kappa shape index (κ3) is 6.69. The number of ether oxygens (including phenoxy) is 2. The molecule has 2 aromatic heterocycles. The van der Waals surface area contributed by atoms with E-state index in [9.17, 15) is 13.2 Å². The number of likely N-dealkylation sites (tertiary alicyclic amines) is 1. The molecule has 0 radical (unpaired) electrons. The van der Waals surface area contributed by atoms with Crippen molar-refractivity contribution in [1.82, 2.24) is 14.9 Å². The van der Waals surface area contributed by atoms with Gasteiger partial charge in [-0.05, 0) is 20.3 Å². The van der Waals surface area contributed by atoms with Crippen LogP contribution in [0.4, 0.5) is 13.2 Å². The number of carbonyl (C=O) groups is 1. The normalized spacial score (nSPS) is 20.7. The first kappa shape index (κ1) is 24.1. The lowest BCUT2D eigenvalue weighted by atomic mass is 9.84. The molecule has 12 heteroatoms. The van der Waals surface area contributed by atoms with Crippen molar-refractivity contribution in [1.29, 1.82) is 0 Å². The zero-order valence-electron chi connectivity index (χ0n) is 17.1. The molecule has 4 rings (SSSR count). The molecule has 31 heavy (non-hydrogen) atoms. The molecule has 0 aliphatic carbocycles. The van der Waals surface area contributed by atoms with Crippen LogP contribution in [0.5, 0.6) is 0 Å². The highest BCUT2D eigenvalue weighted by Gasteiger charge is 2.47. The number of carboxylic acid groups (broad SMARTS) is 1. The Morgan fingerprint density at radius 2 is 2.10 bits per heavy atom. The highest BCUT2D eigenvalue weighted by Crippen LogP contribution is 2.36. The number of aromatic nitrogens is 2. The molecule has 2 aromatic rings. The molecular formula is C19H24F3N3O4S2. The Morgan fingerprint density at radius 1 is 1.39 bits per heavy atom. The summed E-state index contributed by atoms with van der Waals surface area (Å²) in [4.78, 5) is 21.5. The third-order valence-electron chi connectivity index (χ3n) is 5.06. The average molecular weight is 480 g/mol. The maximum absolute atomic E-state index is 10.6. The Bertz CT molecular complexity index is 881. The average Bonchev–Trinajstić information content (AvgIpc) is 3.27. The lowest BCUT2D eigenvalue weighted by molar-refractivity contribution is -0.200. The number of rotatable bonds is 5. The molecule has 0 aromatic carbocycles. The number of aliphatic carboxylic acids is 1. The molecule has 2 fully saturated rings. The Balaban J connectivity index is 0.000000339. The number of alkyl halides is 3. The van der Waals surface area contributed by atoms with Crippen LogP contribution in [0.3, 0.4) is 0 Å². The Labute approximate surface area is 185 Å². The van der Waals surface area contributed by atoms with E-state index < -0.39 is 12.1 Å². The van der Waals surface area contributed by atoms with Gasteiger partial charge in [0.1, 0.15) is 0 Å². The van der Waals surface area contributed by atoms with Crippen LogP contribution in [0, 0.1) is 13.8 Å². The highest BCUT2D eigenvalue weighted by molar-refractivity contribution is 7.09. The maximum Gasteiger partial charge on any atom is 0.490 e. The van der Waals surface area contributed by atoms with E-state index in [1.165, 1.54) is 4.88 Å². The summed E-state index contributed by atoms with van der Waals surface area (Å²) in [5.41, 5.74) is 4.14. The van der Waals surface area contributed by atoms with Gasteiger partial charge in [0.15, 0.2) is 0 Å². The van der Waals surface area contributed by atoms with Gasteiger partial charge in [-0.25, -0.2) is 14.8 Å². The van der Waals surface area contributed by atoms with Crippen molar-refractivity contribution >= 4 is 28.6 Å². The third-order valence-corrected chi connectivity index (χ3v) is 6.80. The molecule has 0 amide bonds. The standard InChI is InChI=1S/C17H23N3O2S2.C2HF3O2/c1-12-16(24-11-18-12)6-20-9-17(10-20)5-15(3-4-22-17)21-7-14-8-23-13(2)19-14;3-2(4,5)1(6)7/h8,11,15H,3-7,9-10H2,1-2H3;(H,6,7). The van der Waals surface area contributed by atoms with E-state index in [1.54, 1.807) is 22.7 Å². The van der Waals surface area contributed by atoms with Gasteiger partial charge in [0, 0.05) is 42.9 Å². The highest BCUT2D eigenvalue weighted by atomic mass is 32.1. The second-order valence-corrected chi connectivity index (χ2v) is 9.63. The van der Waals surface area contributed by atoms with Crippen LogP contribution >= 0.6 is 22.7 Å². The van der Waals surface area contributed by atoms with Gasteiger partial charge >= 0.3 is 12.1 Å². The van der Waals surface area contributed by atoms with Crippen molar-refractivity contribution < 1.29 is 32.5 Å². The van der Waals surface area contributed by atoms with Crippen molar-refractivity contribution in [2.24, 2.45) is 0 Å². The minimum atomic E-state index is -5.08. The summed E-state index contributed by atoms with van der Waals surface area (Å²) in [7, 11) is 0. The predicted molar refractivity (Wildman–Crippen MR) is 109 cm³/mol. The molecule has 2 aliphatic heterocycles. The summed E-state index contributed by atoms with van der Waals surface area (Å²) in [5.74, 6) is -2.76. The fourth-order valence-corrected chi connectivity index (χ4v) is 5.00. The summed E-state index contributed by atoms with van der Waals surface area (Å²) >= 11 is 3.43. The summed E-state index contributed by atoms with van der Waals surface area (Å²) in [6.45, 7) is 8.53.